The normalized spacial score (nSPS) is 11.6. The molecule has 1 aromatic heterocycles. The van der Waals surface area contributed by atoms with Crippen molar-refractivity contribution in [3.8, 4) is 11.5 Å². The monoisotopic (exact) mass is 414 g/mol. The van der Waals surface area contributed by atoms with Crippen molar-refractivity contribution in [1.29, 1.82) is 0 Å². The molecule has 29 heavy (non-hydrogen) atoms. The van der Waals surface area contributed by atoms with Crippen molar-refractivity contribution in [3.05, 3.63) is 36.0 Å². The highest BCUT2D eigenvalue weighted by molar-refractivity contribution is 5.89. The molecule has 1 N–H and O–H groups in total. The quantitative estimate of drug-likeness (QED) is 0.648. The van der Waals surface area contributed by atoms with Crippen LogP contribution in [0.25, 0.3) is 0 Å². The maximum Gasteiger partial charge on any atom is 0.422 e. The number of aromatic nitrogens is 2. The Balaban J connectivity index is 1.86. The van der Waals surface area contributed by atoms with Gasteiger partial charge in [0, 0.05) is 25.2 Å². The second-order valence-electron chi connectivity index (χ2n) is 6.70. The first kappa shape index (κ1) is 22.5. The molecule has 0 bridgehead atoms. The number of anilines is 1. The molecule has 1 aromatic carbocycles. The van der Waals surface area contributed by atoms with Crippen molar-refractivity contribution >= 4 is 11.7 Å². The highest BCUT2D eigenvalue weighted by Gasteiger charge is 2.29. The SMILES string of the molecule is COc1cc(CCC(=O)Nc2ccn(CCN(C)C)n2)ccc1OCC(F)(F)F. The van der Waals surface area contributed by atoms with Crippen LogP contribution in [0.4, 0.5) is 19.0 Å². The molecule has 160 valence electrons. The Kier molecular flexibility index (Phi) is 7.89. The second kappa shape index (κ2) is 10.1. The summed E-state index contributed by atoms with van der Waals surface area (Å²) in [4.78, 5) is 14.2. The van der Waals surface area contributed by atoms with Gasteiger partial charge in [0.2, 0.25) is 5.91 Å². The number of carbonyl (C=O) groups is 1. The third-order valence-electron chi connectivity index (χ3n) is 3.94. The van der Waals surface area contributed by atoms with E-state index in [2.05, 4.69) is 10.4 Å². The number of carbonyl (C=O) groups excluding carboxylic acids is 1. The number of rotatable bonds is 10. The predicted molar refractivity (Wildman–Crippen MR) is 102 cm³/mol. The maximum atomic E-state index is 12.3. The Labute approximate surface area is 167 Å². The lowest BCUT2D eigenvalue weighted by atomic mass is 10.1. The fourth-order valence-electron chi connectivity index (χ4n) is 2.46. The summed E-state index contributed by atoms with van der Waals surface area (Å²) in [6.45, 7) is 0.150. The minimum Gasteiger partial charge on any atom is -0.493 e. The fraction of sp³-hybridized carbons (Fsp3) is 0.474. The second-order valence-corrected chi connectivity index (χ2v) is 6.70. The summed E-state index contributed by atoms with van der Waals surface area (Å²) in [6.07, 6.45) is -2.05. The standard InChI is InChI=1S/C19H25F3N4O3/c1-25(2)10-11-26-9-8-17(24-26)23-18(27)7-5-14-4-6-15(16(12-14)28-3)29-13-19(20,21)22/h4,6,8-9,12H,5,7,10-11,13H2,1-3H3,(H,23,24,27). The Morgan fingerprint density at radius 3 is 2.66 bits per heavy atom. The molecule has 0 fully saturated rings. The van der Waals surface area contributed by atoms with Crippen molar-refractivity contribution in [1.82, 2.24) is 14.7 Å². The Morgan fingerprint density at radius 1 is 1.24 bits per heavy atom. The Bertz CT molecular complexity index is 806. The molecule has 0 atom stereocenters. The van der Waals surface area contributed by atoms with Crippen molar-refractivity contribution < 1.29 is 27.4 Å². The van der Waals surface area contributed by atoms with Gasteiger partial charge < -0.3 is 19.7 Å². The lowest BCUT2D eigenvalue weighted by Crippen LogP contribution is -2.19. The van der Waals surface area contributed by atoms with Crippen molar-refractivity contribution in [3.63, 3.8) is 0 Å². The van der Waals surface area contributed by atoms with Gasteiger partial charge in [-0.1, -0.05) is 6.07 Å². The number of hydrogen-bond donors (Lipinski definition) is 1. The van der Waals surface area contributed by atoms with Gasteiger partial charge >= 0.3 is 6.18 Å². The van der Waals surface area contributed by atoms with Gasteiger partial charge in [-0.2, -0.15) is 18.3 Å². The number of halogens is 3. The highest BCUT2D eigenvalue weighted by Crippen LogP contribution is 2.30. The van der Waals surface area contributed by atoms with E-state index in [1.165, 1.54) is 13.2 Å². The predicted octanol–water partition coefficient (Wildman–Crippen LogP) is 2.97. The number of nitrogens with zero attached hydrogens (tertiary/aromatic N) is 3. The number of nitrogens with one attached hydrogen (secondary N) is 1. The number of ether oxygens (including phenoxy) is 2. The molecular formula is C19H25F3N4O3. The van der Waals surface area contributed by atoms with Gasteiger partial charge in [0.25, 0.3) is 0 Å². The lowest BCUT2D eigenvalue weighted by molar-refractivity contribution is -0.153. The van der Waals surface area contributed by atoms with Gasteiger partial charge in [-0.05, 0) is 38.2 Å². The number of likely N-dealkylation sites (N-methyl/N-ethyl adjacent to an activating group) is 1. The van der Waals surface area contributed by atoms with Gasteiger partial charge in [0.1, 0.15) is 0 Å². The molecule has 0 radical (unpaired) electrons. The van der Waals surface area contributed by atoms with E-state index in [0.717, 1.165) is 12.1 Å². The van der Waals surface area contributed by atoms with Gasteiger partial charge in [-0.3, -0.25) is 9.48 Å². The van der Waals surface area contributed by atoms with Gasteiger partial charge in [0.15, 0.2) is 23.9 Å². The molecular weight excluding hydrogens is 389 g/mol. The topological polar surface area (TPSA) is 68.6 Å². The van der Waals surface area contributed by atoms with Crippen LogP contribution in [0, 0.1) is 0 Å². The van der Waals surface area contributed by atoms with E-state index in [1.54, 1.807) is 29.1 Å². The number of amides is 1. The third kappa shape index (κ3) is 8.02. The van der Waals surface area contributed by atoms with E-state index in [1.807, 2.05) is 19.0 Å². The summed E-state index contributed by atoms with van der Waals surface area (Å²) in [5.41, 5.74) is 0.743. The molecule has 0 aliphatic heterocycles. The van der Waals surface area contributed by atoms with Crippen LogP contribution in [0.5, 0.6) is 11.5 Å². The average Bonchev–Trinajstić information content (AvgIpc) is 3.10. The Hall–Kier alpha value is -2.75. The van der Waals surface area contributed by atoms with Crippen LogP contribution >= 0.6 is 0 Å². The van der Waals surface area contributed by atoms with Crippen LogP contribution in [0.1, 0.15) is 12.0 Å². The van der Waals surface area contributed by atoms with Crippen LogP contribution in [-0.2, 0) is 17.8 Å². The molecule has 0 aliphatic carbocycles. The van der Waals surface area contributed by atoms with E-state index >= 15 is 0 Å². The minimum absolute atomic E-state index is 0.00119. The van der Waals surface area contributed by atoms with Crippen molar-refractivity contribution in [2.45, 2.75) is 25.6 Å². The number of benzene rings is 1. The van der Waals surface area contributed by atoms with Crippen LogP contribution in [0.3, 0.4) is 0 Å². The fourth-order valence-corrected chi connectivity index (χ4v) is 2.46. The molecule has 7 nitrogen and oxygen atoms in total. The zero-order valence-electron chi connectivity index (χ0n) is 16.6. The average molecular weight is 414 g/mol. The zero-order chi connectivity index (χ0) is 21.4. The highest BCUT2D eigenvalue weighted by atomic mass is 19.4. The van der Waals surface area contributed by atoms with Gasteiger partial charge in [0.05, 0.1) is 13.7 Å². The summed E-state index contributed by atoms with van der Waals surface area (Å²) >= 11 is 0. The number of aryl methyl sites for hydroxylation is 1. The maximum absolute atomic E-state index is 12.3. The molecule has 0 spiro atoms. The van der Waals surface area contributed by atoms with E-state index in [-0.39, 0.29) is 23.8 Å². The molecule has 0 unspecified atom stereocenters. The number of alkyl halides is 3. The number of methoxy groups -OCH3 is 1. The largest absolute Gasteiger partial charge is 0.493 e. The summed E-state index contributed by atoms with van der Waals surface area (Å²) in [5.74, 6) is 0.453. The van der Waals surface area contributed by atoms with Crippen LogP contribution in [0.15, 0.2) is 30.5 Å². The smallest absolute Gasteiger partial charge is 0.422 e. The lowest BCUT2D eigenvalue weighted by Gasteiger charge is -2.13. The first-order chi connectivity index (χ1) is 13.7. The van der Waals surface area contributed by atoms with Crippen LogP contribution in [-0.4, -0.2) is 61.1 Å². The first-order valence-corrected chi connectivity index (χ1v) is 9.01. The first-order valence-electron chi connectivity index (χ1n) is 9.01. The summed E-state index contributed by atoms with van der Waals surface area (Å²) < 4.78 is 48.5. The molecule has 10 heteroatoms. The molecule has 1 amide bonds. The Morgan fingerprint density at radius 2 is 2.00 bits per heavy atom. The van der Waals surface area contributed by atoms with Gasteiger partial charge in [-0.15, -0.1) is 0 Å². The van der Waals surface area contributed by atoms with Crippen molar-refractivity contribution in [2.75, 3.05) is 39.7 Å². The molecule has 1 heterocycles. The molecule has 2 rings (SSSR count). The van der Waals surface area contributed by atoms with E-state index < -0.39 is 12.8 Å². The number of hydrogen-bond acceptors (Lipinski definition) is 5. The summed E-state index contributed by atoms with van der Waals surface area (Å²) in [7, 11) is 5.28. The zero-order valence-corrected chi connectivity index (χ0v) is 16.6. The van der Waals surface area contributed by atoms with E-state index in [0.29, 0.717) is 18.8 Å². The molecule has 0 saturated heterocycles. The third-order valence-corrected chi connectivity index (χ3v) is 3.94. The van der Waals surface area contributed by atoms with Gasteiger partial charge in [-0.25, -0.2) is 0 Å². The summed E-state index contributed by atoms with van der Waals surface area (Å²) in [5, 5.41) is 7.02. The minimum atomic E-state index is -4.43. The van der Waals surface area contributed by atoms with E-state index in [4.69, 9.17) is 9.47 Å². The molecule has 0 saturated carbocycles. The molecule has 0 aliphatic rings. The molecule has 2 aromatic rings. The van der Waals surface area contributed by atoms with Crippen LogP contribution < -0.4 is 14.8 Å². The summed E-state index contributed by atoms with van der Waals surface area (Å²) in [6, 6.07) is 6.31. The van der Waals surface area contributed by atoms with Crippen LogP contribution in [0.2, 0.25) is 0 Å². The van der Waals surface area contributed by atoms with E-state index in [9.17, 15) is 18.0 Å². The van der Waals surface area contributed by atoms with Crippen molar-refractivity contribution in [2.24, 2.45) is 0 Å².